The third-order valence-corrected chi connectivity index (χ3v) is 7.30. The van der Waals surface area contributed by atoms with Gasteiger partial charge in [0.15, 0.2) is 23.0 Å². The average Bonchev–Trinajstić information content (AvgIpc) is 3.13. The summed E-state index contributed by atoms with van der Waals surface area (Å²) in [5.41, 5.74) is 1.23. The quantitative estimate of drug-likeness (QED) is 0.165. The molecule has 0 saturated carbocycles. The molecule has 252 valence electrons. The minimum absolute atomic E-state index is 0.0247. The van der Waals surface area contributed by atoms with Crippen LogP contribution in [0.4, 0.5) is 11.6 Å². The second kappa shape index (κ2) is 18.7. The van der Waals surface area contributed by atoms with Crippen molar-refractivity contribution in [1.82, 2.24) is 15.3 Å². The molecule has 1 aromatic heterocycles. The number of amides is 1. The van der Waals surface area contributed by atoms with E-state index < -0.39 is 30.3 Å². The molecule has 0 radical (unpaired) electrons. The van der Waals surface area contributed by atoms with Gasteiger partial charge in [0.25, 0.3) is 5.91 Å². The van der Waals surface area contributed by atoms with Gasteiger partial charge >= 0.3 is 11.9 Å². The lowest BCUT2D eigenvalue weighted by atomic mass is 10.2. The van der Waals surface area contributed by atoms with E-state index in [1.54, 1.807) is 58.3 Å². The molecular weight excluding hydrogens is 620 g/mol. The molecule has 2 heterocycles. The van der Waals surface area contributed by atoms with Crippen LogP contribution >= 0.6 is 0 Å². The molecular formula is C34H38N6O8. The molecule has 1 aliphatic heterocycles. The Morgan fingerprint density at radius 1 is 1.00 bits per heavy atom. The molecule has 3 aromatic rings. The van der Waals surface area contributed by atoms with Crippen molar-refractivity contribution in [2.75, 3.05) is 62.9 Å². The highest BCUT2D eigenvalue weighted by atomic mass is 16.5. The van der Waals surface area contributed by atoms with Gasteiger partial charge in [-0.25, -0.2) is 14.8 Å². The number of ether oxygens (including phenoxy) is 4. The zero-order valence-corrected chi connectivity index (χ0v) is 26.7. The van der Waals surface area contributed by atoms with Gasteiger partial charge in [-0.1, -0.05) is 60.7 Å². The van der Waals surface area contributed by atoms with Crippen molar-refractivity contribution in [3.63, 3.8) is 0 Å². The van der Waals surface area contributed by atoms with Crippen molar-refractivity contribution in [3.05, 3.63) is 83.2 Å². The summed E-state index contributed by atoms with van der Waals surface area (Å²) in [4.78, 5) is 64.1. The maximum atomic E-state index is 14.0. The van der Waals surface area contributed by atoms with Gasteiger partial charge in [-0.3, -0.25) is 9.59 Å². The first-order chi connectivity index (χ1) is 23.4. The average molecular weight is 659 g/mol. The number of hydrogen-bond acceptors (Lipinski definition) is 13. The Hall–Kier alpha value is -5.39. The second-order valence-corrected chi connectivity index (χ2v) is 10.7. The summed E-state index contributed by atoms with van der Waals surface area (Å²) in [6.45, 7) is 2.03. The second-order valence-electron chi connectivity index (χ2n) is 10.7. The van der Waals surface area contributed by atoms with Crippen molar-refractivity contribution >= 4 is 35.8 Å². The molecule has 0 aliphatic carbocycles. The van der Waals surface area contributed by atoms with Crippen LogP contribution in [0, 0.1) is 11.3 Å². The van der Waals surface area contributed by atoms with E-state index in [9.17, 15) is 24.4 Å². The molecule has 1 unspecified atom stereocenters. The van der Waals surface area contributed by atoms with E-state index in [0.717, 1.165) is 11.8 Å². The standard InChI is InChI=1S/C34H38N6O8/c1-45-18-14-39(13-8-17-41)31-28(22-35)36-32(40-15-19-46-20-16-40)30(38-31)33(43)37-27(34(44)48-24-26-11-6-3-7-12-26)21-29(42)47-23-25-9-4-2-5-10-25/h2-7,9-12,17,27H,8,13-16,18-21,23-24H2,1H3,(H,37,43). The SMILES string of the molecule is COCCN(CCC=O)c1nc(C(=O)NC(CC(=O)OCc2ccccc2)C(=O)OCc2ccccc2)c(N2CCOCC2)nc1C#N. The summed E-state index contributed by atoms with van der Waals surface area (Å²) in [6.07, 6.45) is 0.343. The van der Waals surface area contributed by atoms with Gasteiger partial charge in [-0.2, -0.15) is 5.26 Å². The summed E-state index contributed by atoms with van der Waals surface area (Å²) in [5.74, 6) is -2.23. The predicted octanol–water partition coefficient (Wildman–Crippen LogP) is 2.20. The van der Waals surface area contributed by atoms with Gasteiger partial charge in [-0.15, -0.1) is 0 Å². The monoisotopic (exact) mass is 658 g/mol. The Morgan fingerprint density at radius 2 is 1.65 bits per heavy atom. The summed E-state index contributed by atoms with van der Waals surface area (Å²) in [6, 6.07) is 18.6. The van der Waals surface area contributed by atoms with E-state index in [1.165, 1.54) is 7.11 Å². The molecule has 0 bridgehead atoms. The number of morpholine rings is 1. The fourth-order valence-electron chi connectivity index (χ4n) is 4.81. The minimum atomic E-state index is -1.44. The van der Waals surface area contributed by atoms with Gasteiger partial charge in [0.05, 0.1) is 26.2 Å². The fourth-order valence-corrected chi connectivity index (χ4v) is 4.81. The van der Waals surface area contributed by atoms with Gasteiger partial charge in [-0.05, 0) is 11.1 Å². The number of nitrogens with zero attached hydrogens (tertiary/aromatic N) is 5. The number of hydrogen-bond donors (Lipinski definition) is 1. The maximum absolute atomic E-state index is 14.0. The van der Waals surface area contributed by atoms with Crippen LogP contribution in [0.15, 0.2) is 60.7 Å². The summed E-state index contributed by atoms with van der Waals surface area (Å²) in [7, 11) is 1.51. The summed E-state index contributed by atoms with van der Waals surface area (Å²) >= 11 is 0. The zero-order valence-electron chi connectivity index (χ0n) is 26.7. The summed E-state index contributed by atoms with van der Waals surface area (Å²) < 4.78 is 21.6. The molecule has 0 spiro atoms. The van der Waals surface area contributed by atoms with Gasteiger partial charge in [0.1, 0.15) is 31.6 Å². The lowest BCUT2D eigenvalue weighted by molar-refractivity contribution is -0.153. The van der Waals surface area contributed by atoms with Crippen molar-refractivity contribution in [2.24, 2.45) is 0 Å². The molecule has 1 N–H and O–H groups in total. The van der Waals surface area contributed by atoms with E-state index in [-0.39, 0.29) is 62.4 Å². The molecule has 1 aliphatic rings. The number of carbonyl (C=O) groups excluding carboxylic acids is 4. The van der Waals surface area contributed by atoms with Crippen molar-refractivity contribution in [2.45, 2.75) is 32.1 Å². The van der Waals surface area contributed by atoms with Crippen LogP contribution in [0.3, 0.4) is 0 Å². The first kappa shape index (κ1) is 35.5. The zero-order chi connectivity index (χ0) is 34.1. The van der Waals surface area contributed by atoms with E-state index in [4.69, 9.17) is 18.9 Å². The number of nitrogens with one attached hydrogen (secondary N) is 1. The van der Waals surface area contributed by atoms with E-state index in [0.29, 0.717) is 31.9 Å². The molecule has 1 amide bonds. The van der Waals surface area contributed by atoms with Crippen molar-refractivity contribution < 1.29 is 38.1 Å². The highest BCUT2D eigenvalue weighted by Crippen LogP contribution is 2.25. The van der Waals surface area contributed by atoms with Crippen LogP contribution in [0.2, 0.25) is 0 Å². The number of aromatic nitrogens is 2. The number of carbonyl (C=O) groups is 4. The van der Waals surface area contributed by atoms with Crippen LogP contribution in [0.5, 0.6) is 0 Å². The Morgan fingerprint density at radius 3 is 2.25 bits per heavy atom. The Kier molecular flexibility index (Phi) is 13.8. The molecule has 48 heavy (non-hydrogen) atoms. The van der Waals surface area contributed by atoms with Gasteiger partial charge in [0, 0.05) is 39.7 Å². The lowest BCUT2D eigenvalue weighted by Gasteiger charge is -2.30. The smallest absolute Gasteiger partial charge is 0.329 e. The first-order valence-electron chi connectivity index (χ1n) is 15.5. The number of methoxy groups -OCH3 is 1. The number of anilines is 2. The molecule has 1 fully saturated rings. The van der Waals surface area contributed by atoms with E-state index in [2.05, 4.69) is 21.4 Å². The van der Waals surface area contributed by atoms with Crippen LogP contribution in [0.25, 0.3) is 0 Å². The normalized spacial score (nSPS) is 13.1. The van der Waals surface area contributed by atoms with Crippen LogP contribution < -0.4 is 15.1 Å². The molecule has 4 rings (SSSR count). The summed E-state index contributed by atoms with van der Waals surface area (Å²) in [5, 5.41) is 12.6. The number of benzene rings is 2. The third kappa shape index (κ3) is 10.3. The van der Waals surface area contributed by atoms with Gasteiger partial charge < -0.3 is 38.9 Å². The van der Waals surface area contributed by atoms with Crippen molar-refractivity contribution in [3.8, 4) is 6.07 Å². The van der Waals surface area contributed by atoms with E-state index in [1.807, 2.05) is 12.1 Å². The third-order valence-electron chi connectivity index (χ3n) is 7.30. The van der Waals surface area contributed by atoms with Crippen LogP contribution in [-0.4, -0.2) is 93.3 Å². The van der Waals surface area contributed by atoms with Crippen LogP contribution in [-0.2, 0) is 46.5 Å². The van der Waals surface area contributed by atoms with Crippen LogP contribution in [0.1, 0.15) is 40.2 Å². The lowest BCUT2D eigenvalue weighted by Crippen LogP contribution is -2.45. The maximum Gasteiger partial charge on any atom is 0.329 e. The highest BCUT2D eigenvalue weighted by Gasteiger charge is 2.32. The number of aldehydes is 1. The number of rotatable bonds is 17. The molecule has 14 heteroatoms. The fraction of sp³-hybridized carbons (Fsp3) is 0.382. The molecule has 14 nitrogen and oxygen atoms in total. The Bertz CT molecular complexity index is 1560. The highest BCUT2D eigenvalue weighted by molar-refractivity contribution is 6.00. The Labute approximate surface area is 278 Å². The molecule has 1 saturated heterocycles. The number of nitriles is 1. The predicted molar refractivity (Wildman–Crippen MR) is 173 cm³/mol. The molecule has 1 atom stereocenters. The van der Waals surface area contributed by atoms with Gasteiger partial charge in [0.2, 0.25) is 0 Å². The van der Waals surface area contributed by atoms with Crippen molar-refractivity contribution in [1.29, 1.82) is 5.26 Å². The Balaban J connectivity index is 1.65. The molecule has 2 aromatic carbocycles. The topological polar surface area (TPSA) is 173 Å². The first-order valence-corrected chi connectivity index (χ1v) is 15.5. The minimum Gasteiger partial charge on any atom is -0.461 e. The largest absolute Gasteiger partial charge is 0.461 e. The number of esters is 2. The van der Waals surface area contributed by atoms with E-state index >= 15 is 0 Å².